The van der Waals surface area contributed by atoms with Crippen molar-refractivity contribution in [1.29, 1.82) is 0 Å². The van der Waals surface area contributed by atoms with Gasteiger partial charge >= 0.3 is 0 Å². The number of hydrogen-bond donors (Lipinski definition) is 1. The van der Waals surface area contributed by atoms with Crippen molar-refractivity contribution >= 4 is 5.78 Å². The highest BCUT2D eigenvalue weighted by Crippen LogP contribution is 2.45. The van der Waals surface area contributed by atoms with Gasteiger partial charge in [0.2, 0.25) is 0 Å². The second-order valence-corrected chi connectivity index (χ2v) is 5.52. The highest BCUT2D eigenvalue weighted by molar-refractivity contribution is 5.85. The molecule has 0 atom stereocenters. The van der Waals surface area contributed by atoms with Crippen LogP contribution in [0.3, 0.4) is 0 Å². The molecule has 2 rings (SSSR count). The van der Waals surface area contributed by atoms with E-state index in [0.29, 0.717) is 11.7 Å². The van der Waals surface area contributed by atoms with Crippen molar-refractivity contribution in [2.75, 3.05) is 13.1 Å². The number of ketones is 1. The third kappa shape index (κ3) is 2.17. The molecule has 1 saturated carbocycles. The largest absolute Gasteiger partial charge is 0.317 e. The topological polar surface area (TPSA) is 29.1 Å². The van der Waals surface area contributed by atoms with E-state index in [-0.39, 0.29) is 5.41 Å². The number of carbonyl (C=O) groups is 1. The van der Waals surface area contributed by atoms with E-state index in [0.717, 1.165) is 32.4 Å². The Morgan fingerprint density at radius 2 is 1.81 bits per heavy atom. The summed E-state index contributed by atoms with van der Waals surface area (Å²) in [5, 5.41) is 3.41. The van der Waals surface area contributed by atoms with E-state index in [9.17, 15) is 4.79 Å². The van der Waals surface area contributed by atoms with Crippen LogP contribution in [0.5, 0.6) is 0 Å². The fourth-order valence-electron chi connectivity index (χ4n) is 3.79. The van der Waals surface area contributed by atoms with Crippen LogP contribution in [0.2, 0.25) is 0 Å². The molecule has 2 nitrogen and oxygen atoms in total. The molecule has 2 fully saturated rings. The van der Waals surface area contributed by atoms with Crippen molar-refractivity contribution in [3.8, 4) is 0 Å². The van der Waals surface area contributed by atoms with Gasteiger partial charge in [-0.1, -0.05) is 26.2 Å². The Morgan fingerprint density at radius 1 is 1.19 bits per heavy atom. The van der Waals surface area contributed by atoms with Crippen molar-refractivity contribution in [1.82, 2.24) is 5.32 Å². The lowest BCUT2D eigenvalue weighted by molar-refractivity contribution is -0.134. The summed E-state index contributed by atoms with van der Waals surface area (Å²) >= 11 is 0. The van der Waals surface area contributed by atoms with Gasteiger partial charge in [-0.3, -0.25) is 4.79 Å². The molecule has 0 aromatic heterocycles. The summed E-state index contributed by atoms with van der Waals surface area (Å²) in [5.41, 5.74) is 0.0560. The highest BCUT2D eigenvalue weighted by atomic mass is 16.1. The zero-order valence-electron chi connectivity index (χ0n) is 10.6. The van der Waals surface area contributed by atoms with Gasteiger partial charge < -0.3 is 5.32 Å². The van der Waals surface area contributed by atoms with Crippen molar-refractivity contribution in [3.05, 3.63) is 0 Å². The Morgan fingerprint density at radius 3 is 2.38 bits per heavy atom. The number of nitrogens with one attached hydrogen (secondary N) is 1. The normalized spacial score (nSPS) is 26.6. The average Bonchev–Trinajstić information content (AvgIpc) is 2.39. The molecule has 0 aromatic rings. The fourth-order valence-corrected chi connectivity index (χ4v) is 3.79. The molecule has 0 amide bonds. The third-order valence-corrected chi connectivity index (χ3v) is 4.76. The zero-order valence-corrected chi connectivity index (χ0v) is 10.6. The third-order valence-electron chi connectivity index (χ3n) is 4.76. The second kappa shape index (κ2) is 5.31. The fraction of sp³-hybridized carbons (Fsp3) is 0.929. The van der Waals surface area contributed by atoms with Gasteiger partial charge in [-0.2, -0.15) is 0 Å². The van der Waals surface area contributed by atoms with Gasteiger partial charge in [0.15, 0.2) is 0 Å². The van der Waals surface area contributed by atoms with Crippen LogP contribution in [0.4, 0.5) is 0 Å². The smallest absolute Gasteiger partial charge is 0.139 e. The predicted molar refractivity (Wildman–Crippen MR) is 66.4 cm³/mol. The van der Waals surface area contributed by atoms with E-state index >= 15 is 0 Å². The highest BCUT2D eigenvalue weighted by Gasteiger charge is 2.44. The maximum Gasteiger partial charge on any atom is 0.139 e. The molecule has 1 heterocycles. The second-order valence-electron chi connectivity index (χ2n) is 5.52. The first-order valence-electron chi connectivity index (χ1n) is 7.03. The van der Waals surface area contributed by atoms with Crippen molar-refractivity contribution < 1.29 is 4.79 Å². The summed E-state index contributed by atoms with van der Waals surface area (Å²) in [7, 11) is 0. The summed E-state index contributed by atoms with van der Waals surface area (Å²) in [6, 6.07) is 0. The Kier molecular flexibility index (Phi) is 4.01. The molecule has 2 heteroatoms. The Bertz CT molecular complexity index is 237. The van der Waals surface area contributed by atoms with Gasteiger partial charge in [0.1, 0.15) is 5.78 Å². The van der Waals surface area contributed by atoms with Crippen LogP contribution < -0.4 is 5.32 Å². The molecule has 1 aliphatic heterocycles. The number of rotatable bonds is 3. The van der Waals surface area contributed by atoms with Gasteiger partial charge in [-0.05, 0) is 44.7 Å². The molecular formula is C14H25NO. The first-order chi connectivity index (χ1) is 7.79. The molecule has 0 aromatic carbocycles. The maximum atomic E-state index is 12.4. The van der Waals surface area contributed by atoms with Crippen LogP contribution in [0.15, 0.2) is 0 Å². The Balaban J connectivity index is 2.14. The first kappa shape index (κ1) is 12.1. The van der Waals surface area contributed by atoms with Crippen LogP contribution in [-0.4, -0.2) is 18.9 Å². The van der Waals surface area contributed by atoms with Crippen LogP contribution in [0.25, 0.3) is 0 Å². The van der Waals surface area contributed by atoms with E-state index < -0.39 is 0 Å². The van der Waals surface area contributed by atoms with E-state index in [1.807, 2.05) is 6.92 Å². The minimum absolute atomic E-state index is 0.0560. The molecule has 1 aliphatic carbocycles. The summed E-state index contributed by atoms with van der Waals surface area (Å²) in [4.78, 5) is 12.4. The van der Waals surface area contributed by atoms with Crippen molar-refractivity contribution in [3.63, 3.8) is 0 Å². The molecule has 0 unspecified atom stereocenters. The van der Waals surface area contributed by atoms with Crippen LogP contribution in [0, 0.1) is 11.3 Å². The Hall–Kier alpha value is -0.370. The van der Waals surface area contributed by atoms with E-state index in [1.54, 1.807) is 0 Å². The minimum atomic E-state index is 0.0560. The summed E-state index contributed by atoms with van der Waals surface area (Å²) in [6.07, 6.45) is 9.57. The summed E-state index contributed by atoms with van der Waals surface area (Å²) < 4.78 is 0. The van der Waals surface area contributed by atoms with E-state index in [4.69, 9.17) is 0 Å². The molecule has 0 bridgehead atoms. The molecule has 2 aliphatic rings. The molecule has 16 heavy (non-hydrogen) atoms. The number of Topliss-reactive ketones (excluding diaryl/α,β-unsaturated/α-hetero) is 1. The lowest BCUT2D eigenvalue weighted by atomic mass is 9.61. The van der Waals surface area contributed by atoms with Crippen LogP contribution >= 0.6 is 0 Å². The molecular weight excluding hydrogens is 198 g/mol. The number of piperidine rings is 1. The van der Waals surface area contributed by atoms with E-state index in [1.165, 1.54) is 32.1 Å². The van der Waals surface area contributed by atoms with Gasteiger partial charge in [-0.15, -0.1) is 0 Å². The van der Waals surface area contributed by atoms with Crippen LogP contribution in [0.1, 0.15) is 58.3 Å². The maximum absolute atomic E-state index is 12.4. The van der Waals surface area contributed by atoms with Crippen molar-refractivity contribution in [2.24, 2.45) is 11.3 Å². The monoisotopic (exact) mass is 223 g/mol. The Labute approximate surface area is 99.2 Å². The summed E-state index contributed by atoms with van der Waals surface area (Å²) in [6.45, 7) is 4.12. The van der Waals surface area contributed by atoms with Gasteiger partial charge in [0.25, 0.3) is 0 Å². The average molecular weight is 223 g/mol. The van der Waals surface area contributed by atoms with E-state index in [2.05, 4.69) is 5.32 Å². The van der Waals surface area contributed by atoms with Crippen LogP contribution in [-0.2, 0) is 4.79 Å². The molecule has 92 valence electrons. The standard InChI is InChI=1S/C14H25NO/c1-2-13(16)14(8-10-15-11-9-14)12-6-4-3-5-7-12/h12,15H,2-11H2,1H3. The van der Waals surface area contributed by atoms with Gasteiger partial charge in [-0.25, -0.2) is 0 Å². The lowest BCUT2D eigenvalue weighted by Gasteiger charge is -2.44. The lowest BCUT2D eigenvalue weighted by Crippen LogP contribution is -2.47. The molecule has 0 radical (unpaired) electrons. The zero-order chi connectivity index (χ0) is 11.4. The number of hydrogen-bond acceptors (Lipinski definition) is 2. The first-order valence-corrected chi connectivity index (χ1v) is 7.03. The van der Waals surface area contributed by atoms with Gasteiger partial charge in [0, 0.05) is 11.8 Å². The van der Waals surface area contributed by atoms with Gasteiger partial charge in [0.05, 0.1) is 0 Å². The quantitative estimate of drug-likeness (QED) is 0.797. The minimum Gasteiger partial charge on any atom is -0.317 e. The predicted octanol–water partition coefficient (Wildman–Crippen LogP) is 2.92. The molecule has 1 N–H and O–H groups in total. The summed E-state index contributed by atoms with van der Waals surface area (Å²) in [5.74, 6) is 1.23. The SMILES string of the molecule is CCC(=O)C1(C2CCCCC2)CCNCC1. The van der Waals surface area contributed by atoms with Crippen molar-refractivity contribution in [2.45, 2.75) is 58.3 Å². The number of carbonyl (C=O) groups excluding carboxylic acids is 1. The molecule has 0 spiro atoms. The molecule has 1 saturated heterocycles.